The van der Waals surface area contributed by atoms with Gasteiger partial charge in [0.1, 0.15) is 6.61 Å². The van der Waals surface area contributed by atoms with Gasteiger partial charge >= 0.3 is 5.97 Å². The van der Waals surface area contributed by atoms with E-state index in [2.05, 4.69) is 56.8 Å². The molecule has 3 aliphatic carbocycles. The van der Waals surface area contributed by atoms with Gasteiger partial charge in [0, 0.05) is 10.8 Å². The Kier molecular flexibility index (Phi) is 3.69. The highest BCUT2D eigenvalue weighted by Gasteiger charge is 3.14. The van der Waals surface area contributed by atoms with Crippen LogP contribution in [-0.4, -0.2) is 5.97 Å². The van der Waals surface area contributed by atoms with Gasteiger partial charge in [0.25, 0.3) is 0 Å². The lowest BCUT2D eigenvalue weighted by Gasteiger charge is -2.53. The highest BCUT2D eigenvalue weighted by molar-refractivity contribution is 5.94. The summed E-state index contributed by atoms with van der Waals surface area (Å²) >= 11 is 0. The second kappa shape index (κ2) is 5.83. The molecule has 2 aromatic carbocycles. The SMILES string of the molecule is C=CC1C(C)[C@@]2(Cc3ccccc3)[C@]3(C(=O)OCc4ccccc4)C(CC)[C@]123. The van der Waals surface area contributed by atoms with E-state index in [1.807, 2.05) is 30.3 Å². The summed E-state index contributed by atoms with van der Waals surface area (Å²) < 4.78 is 5.94. The van der Waals surface area contributed by atoms with Crippen LogP contribution in [0.15, 0.2) is 73.3 Å². The molecule has 0 radical (unpaired) electrons. The van der Waals surface area contributed by atoms with E-state index in [1.54, 1.807) is 0 Å². The first-order valence-electron chi connectivity index (χ1n) is 10.5. The number of allylic oxidation sites excluding steroid dienone is 1. The topological polar surface area (TPSA) is 26.3 Å². The monoisotopic (exact) mass is 372 g/mol. The Balaban J connectivity index is 1.46. The van der Waals surface area contributed by atoms with E-state index in [0.29, 0.717) is 24.4 Å². The number of esters is 1. The van der Waals surface area contributed by atoms with E-state index < -0.39 is 0 Å². The molecule has 0 aromatic heterocycles. The minimum absolute atomic E-state index is 0.0235. The van der Waals surface area contributed by atoms with Gasteiger partial charge in [-0.2, -0.15) is 0 Å². The molecule has 3 saturated carbocycles. The molecule has 0 amide bonds. The molecule has 2 aromatic rings. The summed E-state index contributed by atoms with van der Waals surface area (Å²) in [6.45, 7) is 9.01. The maximum atomic E-state index is 13.5. The Labute approximate surface area is 167 Å². The van der Waals surface area contributed by atoms with Gasteiger partial charge in [0.15, 0.2) is 0 Å². The zero-order valence-electron chi connectivity index (χ0n) is 16.7. The normalized spacial score (nSPS) is 39.1. The lowest BCUT2D eigenvalue weighted by molar-refractivity contribution is -0.155. The first-order valence-corrected chi connectivity index (χ1v) is 10.5. The van der Waals surface area contributed by atoms with Crippen LogP contribution in [0.2, 0.25) is 0 Å². The standard InChI is InChI=1S/C26H28O2/c1-4-21-18(3)24(16-19-12-8-6-9-13-19)25(21)22(5-2)26(24,25)23(27)28-17-20-14-10-7-11-15-20/h4,6-15,18,21-22H,1,5,16-17H2,2-3H3/t18?,21?,22?,24-,25-,26-/m1/s1. The molecule has 2 nitrogen and oxygen atoms in total. The summed E-state index contributed by atoms with van der Waals surface area (Å²) in [4.78, 5) is 13.5. The molecule has 3 unspecified atom stereocenters. The van der Waals surface area contributed by atoms with Crippen LogP contribution in [0.25, 0.3) is 0 Å². The van der Waals surface area contributed by atoms with Crippen molar-refractivity contribution in [3.63, 3.8) is 0 Å². The quantitative estimate of drug-likeness (QED) is 0.478. The molecule has 0 aliphatic heterocycles. The Hall–Kier alpha value is -2.35. The fraction of sp³-hybridized carbons (Fsp3) is 0.423. The summed E-state index contributed by atoms with van der Waals surface area (Å²) in [5.74, 6) is 1.35. The third-order valence-corrected chi connectivity index (χ3v) is 8.39. The summed E-state index contributed by atoms with van der Waals surface area (Å²) in [6, 6.07) is 20.6. The van der Waals surface area contributed by atoms with Crippen molar-refractivity contribution in [3.8, 4) is 0 Å². The Morgan fingerprint density at radius 2 is 1.68 bits per heavy atom. The molecule has 3 fully saturated rings. The first kappa shape index (κ1) is 17.7. The average molecular weight is 373 g/mol. The van der Waals surface area contributed by atoms with Crippen LogP contribution in [-0.2, 0) is 22.6 Å². The first-order chi connectivity index (χ1) is 13.6. The molecule has 2 heteroatoms. The fourth-order valence-electron chi connectivity index (χ4n) is 7.70. The van der Waals surface area contributed by atoms with Crippen LogP contribution >= 0.6 is 0 Å². The maximum absolute atomic E-state index is 13.5. The van der Waals surface area contributed by atoms with Gasteiger partial charge in [-0.05, 0) is 35.3 Å². The molecule has 5 rings (SSSR count). The number of fused-ring (bicyclic) bond motifs is 1. The van der Waals surface area contributed by atoms with Gasteiger partial charge in [0.05, 0.1) is 5.41 Å². The van der Waals surface area contributed by atoms with E-state index in [1.165, 1.54) is 5.56 Å². The number of carbonyl (C=O) groups excluding carboxylic acids is 1. The van der Waals surface area contributed by atoms with Crippen LogP contribution in [0.4, 0.5) is 0 Å². The number of hydrogen-bond donors (Lipinski definition) is 0. The Morgan fingerprint density at radius 3 is 2.25 bits per heavy atom. The largest absolute Gasteiger partial charge is 0.460 e. The van der Waals surface area contributed by atoms with Gasteiger partial charge in [-0.15, -0.1) is 6.58 Å². The highest BCUT2D eigenvalue weighted by atomic mass is 16.5. The van der Waals surface area contributed by atoms with Crippen LogP contribution < -0.4 is 0 Å². The summed E-state index contributed by atoms with van der Waals surface area (Å²) in [5.41, 5.74) is 2.20. The summed E-state index contributed by atoms with van der Waals surface area (Å²) in [7, 11) is 0. The number of benzene rings is 2. The van der Waals surface area contributed by atoms with Gasteiger partial charge in [0.2, 0.25) is 0 Å². The van der Waals surface area contributed by atoms with Crippen molar-refractivity contribution < 1.29 is 9.53 Å². The number of hydrogen-bond acceptors (Lipinski definition) is 2. The van der Waals surface area contributed by atoms with Gasteiger partial charge < -0.3 is 4.74 Å². The maximum Gasteiger partial charge on any atom is 0.313 e. The number of carbonyl (C=O) groups is 1. The molecule has 0 heterocycles. The second-order valence-electron chi connectivity index (χ2n) is 8.88. The summed E-state index contributed by atoms with van der Waals surface area (Å²) in [6.07, 6.45) is 4.11. The van der Waals surface area contributed by atoms with E-state index >= 15 is 0 Å². The van der Waals surface area contributed by atoms with Crippen molar-refractivity contribution in [3.05, 3.63) is 84.4 Å². The van der Waals surface area contributed by atoms with Crippen LogP contribution in [0.3, 0.4) is 0 Å². The number of ether oxygens (including phenoxy) is 1. The zero-order valence-corrected chi connectivity index (χ0v) is 16.7. The lowest BCUT2D eigenvalue weighted by Crippen LogP contribution is -2.51. The molecule has 144 valence electrons. The molecule has 28 heavy (non-hydrogen) atoms. The van der Waals surface area contributed by atoms with Gasteiger partial charge in [-0.3, -0.25) is 4.79 Å². The van der Waals surface area contributed by atoms with E-state index in [9.17, 15) is 4.79 Å². The average Bonchev–Trinajstić information content (AvgIpc) is 3.53. The predicted molar refractivity (Wildman–Crippen MR) is 110 cm³/mol. The Morgan fingerprint density at radius 1 is 1.07 bits per heavy atom. The Bertz CT molecular complexity index is 920. The smallest absolute Gasteiger partial charge is 0.313 e. The lowest BCUT2D eigenvalue weighted by atomic mass is 9.50. The van der Waals surface area contributed by atoms with Crippen LogP contribution in [0.5, 0.6) is 0 Å². The van der Waals surface area contributed by atoms with Gasteiger partial charge in [-0.25, -0.2) is 0 Å². The fourth-order valence-corrected chi connectivity index (χ4v) is 7.70. The van der Waals surface area contributed by atoms with Crippen molar-refractivity contribution in [1.82, 2.24) is 0 Å². The van der Waals surface area contributed by atoms with Crippen molar-refractivity contribution in [2.75, 3.05) is 0 Å². The minimum Gasteiger partial charge on any atom is -0.460 e. The highest BCUT2D eigenvalue weighted by Crippen LogP contribution is 3.12. The number of rotatable bonds is 7. The van der Waals surface area contributed by atoms with E-state index in [0.717, 1.165) is 18.4 Å². The molecule has 3 aliphatic rings. The summed E-state index contributed by atoms with van der Waals surface area (Å²) in [5, 5.41) is 0. The third kappa shape index (κ3) is 1.69. The van der Waals surface area contributed by atoms with Crippen molar-refractivity contribution in [2.45, 2.75) is 33.3 Å². The third-order valence-electron chi connectivity index (χ3n) is 8.39. The molecule has 0 bridgehead atoms. The van der Waals surface area contributed by atoms with E-state index in [4.69, 9.17) is 4.74 Å². The zero-order chi connectivity index (χ0) is 19.6. The van der Waals surface area contributed by atoms with Crippen molar-refractivity contribution in [2.24, 2.45) is 34.0 Å². The van der Waals surface area contributed by atoms with Crippen LogP contribution in [0.1, 0.15) is 31.4 Å². The second-order valence-corrected chi connectivity index (χ2v) is 8.88. The molecule has 0 saturated heterocycles. The molecular formula is C26H28O2. The van der Waals surface area contributed by atoms with Crippen LogP contribution in [0, 0.1) is 34.0 Å². The molecule has 1 spiro atoms. The molecule has 0 N–H and O–H groups in total. The van der Waals surface area contributed by atoms with E-state index in [-0.39, 0.29) is 22.2 Å². The van der Waals surface area contributed by atoms with Gasteiger partial charge in [-0.1, -0.05) is 87.0 Å². The minimum atomic E-state index is -0.308. The van der Waals surface area contributed by atoms with Crippen molar-refractivity contribution in [1.29, 1.82) is 0 Å². The molecule has 6 atom stereocenters. The molecular weight excluding hydrogens is 344 g/mol. The van der Waals surface area contributed by atoms with Crippen molar-refractivity contribution >= 4 is 5.97 Å². The predicted octanol–water partition coefficient (Wildman–Crippen LogP) is 5.44.